The Morgan fingerprint density at radius 3 is 2.17 bits per heavy atom. The van der Waals surface area contributed by atoms with Crippen LogP contribution in [0.1, 0.15) is 42.1 Å². The molecule has 1 aliphatic rings. The summed E-state index contributed by atoms with van der Waals surface area (Å²) in [4.78, 5) is 52.7. The molecule has 35 heavy (non-hydrogen) atoms. The van der Waals surface area contributed by atoms with E-state index in [1.165, 1.54) is 9.13 Å². The lowest BCUT2D eigenvalue weighted by molar-refractivity contribution is -0.133. The number of aromatic nitrogens is 2. The van der Waals surface area contributed by atoms with Gasteiger partial charge in [0.2, 0.25) is 5.91 Å². The van der Waals surface area contributed by atoms with Crippen molar-refractivity contribution in [1.82, 2.24) is 19.4 Å². The summed E-state index contributed by atoms with van der Waals surface area (Å²) in [6.07, 6.45) is 4.71. The third-order valence-electron chi connectivity index (χ3n) is 6.39. The fraction of sp³-hybridized carbons (Fsp3) is 0.333. The van der Waals surface area contributed by atoms with Crippen LogP contribution in [0.15, 0.2) is 70.8 Å². The van der Waals surface area contributed by atoms with Gasteiger partial charge in [-0.1, -0.05) is 30.3 Å². The minimum Gasteiger partial charge on any atom is -0.341 e. The van der Waals surface area contributed by atoms with E-state index in [4.69, 9.17) is 0 Å². The zero-order valence-electron chi connectivity index (χ0n) is 19.9. The summed E-state index contributed by atoms with van der Waals surface area (Å²) in [5, 5.41) is 2.78. The van der Waals surface area contributed by atoms with Gasteiger partial charge in [0.15, 0.2) is 0 Å². The molecule has 8 nitrogen and oxygen atoms in total. The number of amides is 2. The average Bonchev–Trinajstić information content (AvgIpc) is 2.89. The van der Waals surface area contributed by atoms with Gasteiger partial charge < -0.3 is 10.2 Å². The van der Waals surface area contributed by atoms with Gasteiger partial charge >= 0.3 is 11.1 Å². The molecule has 3 aromatic rings. The summed E-state index contributed by atoms with van der Waals surface area (Å²) >= 11 is 0. The molecule has 2 heterocycles. The molecular formula is C27H30N4O4. The number of hydrogen-bond donors (Lipinski definition) is 1. The number of nitrogens with zero attached hydrogens (tertiary/aromatic N) is 3. The monoisotopic (exact) mass is 474 g/mol. The second-order valence-corrected chi connectivity index (χ2v) is 8.86. The van der Waals surface area contributed by atoms with Crippen molar-refractivity contribution in [2.45, 2.75) is 45.3 Å². The average molecular weight is 475 g/mol. The smallest absolute Gasteiger partial charge is 0.317 e. The summed E-state index contributed by atoms with van der Waals surface area (Å²) in [7, 11) is 0. The standard InChI is InChI=1S/C27H30N4O4/c1-3-15-30-22-9-5-6-10-23(22)31(27(35)26(30)34)18-20-11-13-21(14-12-20)24(32)28-19(2)25(33)29-16-7-4-8-17-29/h3,5-6,9-14,19H,1,4,7-8,15-18H2,2H3,(H,28,32)/t19-/m0/s1. The molecule has 1 saturated heterocycles. The van der Waals surface area contributed by atoms with Gasteiger partial charge in [0.1, 0.15) is 6.04 Å². The van der Waals surface area contributed by atoms with Crippen LogP contribution in [-0.4, -0.2) is 45.0 Å². The number of carbonyl (C=O) groups is 2. The van der Waals surface area contributed by atoms with Crippen molar-refractivity contribution in [3.05, 3.63) is 93.0 Å². The maximum absolute atomic E-state index is 12.9. The van der Waals surface area contributed by atoms with Crippen molar-refractivity contribution >= 4 is 22.8 Å². The molecular weight excluding hydrogens is 444 g/mol. The van der Waals surface area contributed by atoms with E-state index in [-0.39, 0.29) is 24.9 Å². The van der Waals surface area contributed by atoms with E-state index >= 15 is 0 Å². The first kappa shape index (κ1) is 24.2. The lowest BCUT2D eigenvalue weighted by Crippen LogP contribution is -2.48. The molecule has 0 unspecified atom stereocenters. The number of fused-ring (bicyclic) bond motifs is 1. The van der Waals surface area contributed by atoms with E-state index in [1.807, 2.05) is 17.0 Å². The Labute approximate surface area is 203 Å². The molecule has 4 rings (SSSR count). The third-order valence-corrected chi connectivity index (χ3v) is 6.39. The molecule has 0 saturated carbocycles. The first-order chi connectivity index (χ1) is 16.9. The summed E-state index contributed by atoms with van der Waals surface area (Å²) in [5.74, 6) is -0.392. The van der Waals surface area contributed by atoms with Crippen molar-refractivity contribution in [3.63, 3.8) is 0 Å². The number of piperidine rings is 1. The Bertz CT molecular complexity index is 1360. The van der Waals surface area contributed by atoms with E-state index in [0.29, 0.717) is 16.6 Å². The summed E-state index contributed by atoms with van der Waals surface area (Å²) in [6, 6.07) is 13.5. The summed E-state index contributed by atoms with van der Waals surface area (Å²) in [5.41, 5.74) is 1.27. The number of likely N-dealkylation sites (tertiary alicyclic amines) is 1. The Morgan fingerprint density at radius 1 is 0.943 bits per heavy atom. The van der Waals surface area contributed by atoms with E-state index in [2.05, 4.69) is 11.9 Å². The molecule has 1 aliphatic heterocycles. The van der Waals surface area contributed by atoms with Crippen LogP contribution in [0.25, 0.3) is 11.0 Å². The van der Waals surface area contributed by atoms with E-state index in [9.17, 15) is 19.2 Å². The second kappa shape index (κ2) is 10.5. The largest absolute Gasteiger partial charge is 0.341 e. The Hall–Kier alpha value is -3.94. The van der Waals surface area contributed by atoms with Crippen molar-refractivity contribution in [3.8, 4) is 0 Å². The highest BCUT2D eigenvalue weighted by Crippen LogP contribution is 2.14. The number of para-hydroxylation sites is 2. The Balaban J connectivity index is 1.51. The van der Waals surface area contributed by atoms with Gasteiger partial charge in [-0.15, -0.1) is 6.58 Å². The maximum atomic E-state index is 12.9. The highest BCUT2D eigenvalue weighted by molar-refractivity contribution is 5.97. The van der Waals surface area contributed by atoms with Crippen LogP contribution in [0, 0.1) is 0 Å². The van der Waals surface area contributed by atoms with Crippen LogP contribution in [0.4, 0.5) is 0 Å². The summed E-state index contributed by atoms with van der Waals surface area (Å²) in [6.45, 7) is 7.29. The molecule has 1 atom stereocenters. The molecule has 2 amide bonds. The van der Waals surface area contributed by atoms with Gasteiger partial charge in [-0.25, -0.2) is 0 Å². The molecule has 182 valence electrons. The maximum Gasteiger partial charge on any atom is 0.317 e. The normalized spacial score (nSPS) is 14.5. The van der Waals surface area contributed by atoms with Crippen LogP contribution < -0.4 is 16.4 Å². The predicted octanol–water partition coefficient (Wildman–Crippen LogP) is 2.53. The van der Waals surface area contributed by atoms with Gasteiger partial charge in [-0.05, 0) is 56.0 Å². The highest BCUT2D eigenvalue weighted by atomic mass is 16.2. The molecule has 0 bridgehead atoms. The molecule has 2 aromatic carbocycles. The number of hydrogen-bond acceptors (Lipinski definition) is 4. The minimum absolute atomic E-state index is 0.0629. The van der Waals surface area contributed by atoms with Crippen LogP contribution in [0.2, 0.25) is 0 Å². The molecule has 0 spiro atoms. The van der Waals surface area contributed by atoms with E-state index in [0.717, 1.165) is 37.9 Å². The van der Waals surface area contributed by atoms with Crippen LogP contribution >= 0.6 is 0 Å². The Kier molecular flexibility index (Phi) is 7.29. The molecule has 1 aromatic heterocycles. The summed E-state index contributed by atoms with van der Waals surface area (Å²) < 4.78 is 2.87. The first-order valence-electron chi connectivity index (χ1n) is 11.9. The third kappa shape index (κ3) is 5.11. The van der Waals surface area contributed by atoms with Crippen LogP contribution in [0.3, 0.4) is 0 Å². The zero-order valence-corrected chi connectivity index (χ0v) is 19.9. The number of nitrogens with one attached hydrogen (secondary N) is 1. The highest BCUT2D eigenvalue weighted by Gasteiger charge is 2.23. The van der Waals surface area contributed by atoms with Crippen molar-refractivity contribution < 1.29 is 9.59 Å². The molecule has 0 radical (unpaired) electrons. The molecule has 1 N–H and O–H groups in total. The number of carbonyl (C=O) groups excluding carboxylic acids is 2. The first-order valence-corrected chi connectivity index (χ1v) is 11.9. The van der Waals surface area contributed by atoms with Gasteiger partial charge in [0.25, 0.3) is 5.91 Å². The number of benzene rings is 2. The van der Waals surface area contributed by atoms with Crippen molar-refractivity contribution in [1.29, 1.82) is 0 Å². The number of rotatable bonds is 7. The van der Waals surface area contributed by atoms with E-state index in [1.54, 1.807) is 49.4 Å². The van der Waals surface area contributed by atoms with E-state index < -0.39 is 17.2 Å². The predicted molar refractivity (Wildman–Crippen MR) is 136 cm³/mol. The SMILES string of the molecule is C=CCn1c(=O)c(=O)n(Cc2ccc(C(=O)N[C@@H](C)C(=O)N3CCCCC3)cc2)c2ccccc21. The van der Waals surface area contributed by atoms with Gasteiger partial charge in [-0.2, -0.15) is 0 Å². The topological polar surface area (TPSA) is 93.4 Å². The minimum atomic E-state index is -0.614. The van der Waals surface area contributed by atoms with Gasteiger partial charge in [-0.3, -0.25) is 28.3 Å². The molecule has 0 aliphatic carbocycles. The van der Waals surface area contributed by atoms with Crippen molar-refractivity contribution in [2.75, 3.05) is 13.1 Å². The van der Waals surface area contributed by atoms with Crippen molar-refractivity contribution in [2.24, 2.45) is 0 Å². The van der Waals surface area contributed by atoms with Gasteiger partial charge in [0.05, 0.1) is 17.6 Å². The lowest BCUT2D eigenvalue weighted by atomic mass is 10.1. The molecule has 8 heteroatoms. The van der Waals surface area contributed by atoms with Gasteiger partial charge in [0, 0.05) is 25.2 Å². The lowest BCUT2D eigenvalue weighted by Gasteiger charge is -2.29. The van der Waals surface area contributed by atoms with Crippen LogP contribution in [-0.2, 0) is 17.9 Å². The zero-order chi connectivity index (χ0) is 24.9. The fourth-order valence-corrected chi connectivity index (χ4v) is 4.51. The number of allylic oxidation sites excluding steroid dienone is 1. The fourth-order valence-electron chi connectivity index (χ4n) is 4.51. The quantitative estimate of drug-likeness (QED) is 0.421. The second-order valence-electron chi connectivity index (χ2n) is 8.86. The molecule has 1 fully saturated rings. The Morgan fingerprint density at radius 2 is 1.54 bits per heavy atom. The van der Waals surface area contributed by atoms with Crippen LogP contribution in [0.5, 0.6) is 0 Å².